The highest BCUT2D eigenvalue weighted by atomic mass is 35.5. The van der Waals surface area contributed by atoms with Gasteiger partial charge in [-0.25, -0.2) is 0 Å². The van der Waals surface area contributed by atoms with Crippen molar-refractivity contribution in [3.05, 3.63) is 46.6 Å². The average Bonchev–Trinajstić information content (AvgIpc) is 3.18. The second-order valence-corrected chi connectivity index (χ2v) is 9.39. The Morgan fingerprint density at radius 3 is 2.80 bits per heavy atom. The lowest BCUT2D eigenvalue weighted by molar-refractivity contribution is 0.122. The standard InChI is InChI=1S/C22H33ClN6O/c1-22(2,3)20-27-18(28-30-20)14-26-21(24-4)25-13-16-9-7-11-29(5)19(16)15-8-6-10-17(23)12-15/h6,8,10,12,16,19H,7,9,11,13-14H2,1-5H3,(H2,24,25,26). The minimum absolute atomic E-state index is 0.159. The van der Waals surface area contributed by atoms with Crippen molar-refractivity contribution >= 4 is 17.6 Å². The highest BCUT2D eigenvalue weighted by Gasteiger charge is 2.30. The number of nitrogens with zero attached hydrogens (tertiary/aromatic N) is 4. The molecule has 1 aromatic heterocycles. The minimum atomic E-state index is -0.159. The van der Waals surface area contributed by atoms with E-state index >= 15 is 0 Å². The molecule has 0 amide bonds. The molecule has 7 nitrogen and oxygen atoms in total. The van der Waals surface area contributed by atoms with Crippen molar-refractivity contribution in [3.8, 4) is 0 Å². The molecular weight excluding hydrogens is 400 g/mol. The summed E-state index contributed by atoms with van der Waals surface area (Å²) in [5.74, 6) is 2.45. The molecule has 0 radical (unpaired) electrons. The van der Waals surface area contributed by atoms with Crippen molar-refractivity contribution in [2.75, 3.05) is 27.2 Å². The van der Waals surface area contributed by atoms with Crippen molar-refractivity contribution in [1.82, 2.24) is 25.7 Å². The molecule has 30 heavy (non-hydrogen) atoms. The Hall–Kier alpha value is -2.12. The molecule has 2 atom stereocenters. The fraction of sp³-hybridized carbons (Fsp3) is 0.591. The molecule has 2 unspecified atom stereocenters. The third-order valence-corrected chi connectivity index (χ3v) is 5.71. The average molecular weight is 433 g/mol. The molecule has 1 fully saturated rings. The second-order valence-electron chi connectivity index (χ2n) is 8.96. The smallest absolute Gasteiger partial charge is 0.232 e. The number of aliphatic imine (C=N–C) groups is 1. The van der Waals surface area contributed by atoms with E-state index in [-0.39, 0.29) is 5.41 Å². The van der Waals surface area contributed by atoms with Crippen molar-refractivity contribution in [3.63, 3.8) is 0 Å². The fourth-order valence-corrected chi connectivity index (χ4v) is 4.13. The van der Waals surface area contributed by atoms with Crippen LogP contribution in [0, 0.1) is 5.92 Å². The Labute approximate surface area is 184 Å². The second kappa shape index (κ2) is 9.79. The van der Waals surface area contributed by atoms with E-state index in [9.17, 15) is 0 Å². The van der Waals surface area contributed by atoms with Crippen LogP contribution in [0.5, 0.6) is 0 Å². The zero-order valence-corrected chi connectivity index (χ0v) is 19.3. The van der Waals surface area contributed by atoms with Crippen molar-refractivity contribution in [1.29, 1.82) is 0 Å². The molecule has 1 aliphatic rings. The predicted molar refractivity (Wildman–Crippen MR) is 121 cm³/mol. The maximum atomic E-state index is 6.26. The Kier molecular flexibility index (Phi) is 7.36. The maximum absolute atomic E-state index is 6.26. The van der Waals surface area contributed by atoms with Crippen molar-refractivity contribution in [2.45, 2.75) is 51.6 Å². The number of benzene rings is 1. The van der Waals surface area contributed by atoms with Crippen LogP contribution in [0.3, 0.4) is 0 Å². The van der Waals surface area contributed by atoms with Gasteiger partial charge in [-0.15, -0.1) is 0 Å². The van der Waals surface area contributed by atoms with E-state index in [0.717, 1.165) is 30.5 Å². The van der Waals surface area contributed by atoms with E-state index in [1.54, 1.807) is 7.05 Å². The van der Waals surface area contributed by atoms with Crippen LogP contribution in [-0.4, -0.2) is 48.2 Å². The summed E-state index contributed by atoms with van der Waals surface area (Å²) in [7, 11) is 3.96. The molecule has 3 rings (SSSR count). The number of hydrogen-bond acceptors (Lipinski definition) is 5. The van der Waals surface area contributed by atoms with Gasteiger partial charge < -0.3 is 15.2 Å². The van der Waals surface area contributed by atoms with Gasteiger partial charge in [0.1, 0.15) is 0 Å². The molecule has 0 saturated carbocycles. The zero-order chi connectivity index (χ0) is 21.7. The molecule has 1 aromatic carbocycles. The number of piperidine rings is 1. The third-order valence-electron chi connectivity index (χ3n) is 5.48. The van der Waals surface area contributed by atoms with Crippen LogP contribution >= 0.6 is 11.6 Å². The number of nitrogens with one attached hydrogen (secondary N) is 2. The largest absolute Gasteiger partial charge is 0.356 e. The van der Waals surface area contributed by atoms with E-state index < -0.39 is 0 Å². The van der Waals surface area contributed by atoms with Gasteiger partial charge >= 0.3 is 0 Å². The highest BCUT2D eigenvalue weighted by molar-refractivity contribution is 6.30. The van der Waals surface area contributed by atoms with Crippen molar-refractivity contribution in [2.24, 2.45) is 10.9 Å². The summed E-state index contributed by atoms with van der Waals surface area (Å²) >= 11 is 6.26. The van der Waals surface area contributed by atoms with Crippen LogP contribution in [0.2, 0.25) is 5.02 Å². The van der Waals surface area contributed by atoms with Gasteiger partial charge in [0.05, 0.1) is 6.54 Å². The zero-order valence-electron chi connectivity index (χ0n) is 18.6. The third kappa shape index (κ3) is 5.73. The van der Waals surface area contributed by atoms with Crippen LogP contribution in [0.25, 0.3) is 0 Å². The topological polar surface area (TPSA) is 78.6 Å². The molecule has 2 heterocycles. The number of rotatable bonds is 5. The lowest BCUT2D eigenvalue weighted by atomic mass is 9.85. The summed E-state index contributed by atoms with van der Waals surface area (Å²) in [5, 5.41) is 11.6. The molecule has 1 saturated heterocycles. The molecule has 2 aromatic rings. The SMILES string of the molecule is CN=C(NCc1noc(C(C)(C)C)n1)NCC1CCCN(C)C1c1cccc(Cl)c1. The van der Waals surface area contributed by atoms with Crippen LogP contribution in [0.1, 0.15) is 56.9 Å². The van der Waals surface area contributed by atoms with Gasteiger partial charge in [0.25, 0.3) is 0 Å². The number of guanidine groups is 1. The monoisotopic (exact) mass is 432 g/mol. The van der Waals surface area contributed by atoms with Crippen LogP contribution in [0.4, 0.5) is 0 Å². The summed E-state index contributed by atoms with van der Waals surface area (Å²) in [6.07, 6.45) is 2.34. The molecule has 0 aliphatic carbocycles. The maximum Gasteiger partial charge on any atom is 0.232 e. The quantitative estimate of drug-likeness (QED) is 0.553. The van der Waals surface area contributed by atoms with Gasteiger partial charge in [-0.05, 0) is 50.0 Å². The Morgan fingerprint density at radius 2 is 2.13 bits per heavy atom. The first kappa shape index (κ1) is 22.6. The summed E-state index contributed by atoms with van der Waals surface area (Å²) < 4.78 is 5.36. The van der Waals surface area contributed by atoms with E-state index in [0.29, 0.717) is 30.2 Å². The molecule has 0 bridgehead atoms. The van der Waals surface area contributed by atoms with Gasteiger partial charge in [-0.1, -0.05) is 49.7 Å². The van der Waals surface area contributed by atoms with Crippen LogP contribution in [0.15, 0.2) is 33.8 Å². The van der Waals surface area contributed by atoms with Gasteiger partial charge in [-0.3, -0.25) is 9.89 Å². The molecule has 0 spiro atoms. The summed E-state index contributed by atoms with van der Waals surface area (Å²) in [6, 6.07) is 8.53. The molecule has 164 valence electrons. The van der Waals surface area contributed by atoms with Gasteiger partial charge in [-0.2, -0.15) is 4.98 Å². The minimum Gasteiger partial charge on any atom is -0.356 e. The molecule has 1 aliphatic heterocycles. The van der Waals surface area contributed by atoms with Gasteiger partial charge in [0, 0.05) is 30.1 Å². The predicted octanol–water partition coefficient (Wildman–Crippen LogP) is 3.77. The van der Waals surface area contributed by atoms with E-state index in [2.05, 4.69) is 70.6 Å². The van der Waals surface area contributed by atoms with Gasteiger partial charge in [0.15, 0.2) is 11.8 Å². The van der Waals surface area contributed by atoms with Crippen LogP contribution < -0.4 is 10.6 Å². The summed E-state index contributed by atoms with van der Waals surface area (Å²) in [5.41, 5.74) is 1.11. The lowest BCUT2D eigenvalue weighted by Crippen LogP contribution is -2.45. The first-order valence-electron chi connectivity index (χ1n) is 10.5. The van der Waals surface area contributed by atoms with E-state index in [1.807, 2.05) is 12.1 Å². The number of likely N-dealkylation sites (tertiary alicyclic amines) is 1. The fourth-order valence-electron chi connectivity index (χ4n) is 3.93. The highest BCUT2D eigenvalue weighted by Crippen LogP contribution is 2.35. The number of hydrogen-bond donors (Lipinski definition) is 2. The molecule has 2 N–H and O–H groups in total. The molecule has 8 heteroatoms. The Bertz CT molecular complexity index is 859. The van der Waals surface area contributed by atoms with Gasteiger partial charge in [0.2, 0.25) is 5.89 Å². The van der Waals surface area contributed by atoms with E-state index in [1.165, 1.54) is 12.0 Å². The first-order valence-corrected chi connectivity index (χ1v) is 10.9. The normalized spacial score (nSPS) is 20.9. The molecular formula is C22H33ClN6O. The lowest BCUT2D eigenvalue weighted by Gasteiger charge is -2.40. The van der Waals surface area contributed by atoms with E-state index in [4.69, 9.17) is 16.1 Å². The number of halogens is 1. The first-order chi connectivity index (χ1) is 14.3. The summed E-state index contributed by atoms with van der Waals surface area (Å²) in [4.78, 5) is 11.2. The summed E-state index contributed by atoms with van der Waals surface area (Å²) in [6.45, 7) is 8.53. The Morgan fingerprint density at radius 1 is 1.33 bits per heavy atom. The van der Waals surface area contributed by atoms with Crippen LogP contribution in [-0.2, 0) is 12.0 Å². The van der Waals surface area contributed by atoms with Crippen molar-refractivity contribution < 1.29 is 4.52 Å². The Balaban J connectivity index is 1.59. The number of aromatic nitrogens is 2.